The third-order valence-electron chi connectivity index (χ3n) is 32.3. The van der Waals surface area contributed by atoms with E-state index in [-0.39, 0.29) is 0 Å². The zero-order chi connectivity index (χ0) is 95.6. The van der Waals surface area contributed by atoms with Gasteiger partial charge in [0.05, 0.1) is 10.8 Å². The topological polar surface area (TPSA) is 52.6 Å². The Bertz CT molecular complexity index is 10300. The third-order valence-corrected chi connectivity index (χ3v) is 32.3. The highest BCUT2D eigenvalue weighted by molar-refractivity contribution is 6.31. The van der Waals surface area contributed by atoms with Crippen molar-refractivity contribution in [2.45, 2.75) is 10.8 Å². The fourth-order valence-corrected chi connectivity index (χ4v) is 26.5. The van der Waals surface area contributed by atoms with Gasteiger partial charge in [0.2, 0.25) is 0 Å². The number of hydrogen-bond acceptors (Lipinski definition) is 4. The van der Waals surface area contributed by atoms with Crippen LogP contribution in [-0.2, 0) is 10.8 Å². The Morgan fingerprint density at radius 2 is 0.363 bits per heavy atom. The Morgan fingerprint density at radius 3 is 0.719 bits per heavy atom. The molecule has 2 aliphatic carbocycles. The Hall–Kier alpha value is -19.0. The Kier molecular flexibility index (Phi) is 17.8. The van der Waals surface area contributed by atoms with E-state index >= 15 is 0 Å². The maximum atomic E-state index is 6.58. The molecule has 0 N–H and O–H groups in total. The Labute approximate surface area is 839 Å². The second-order valence-corrected chi connectivity index (χ2v) is 39.4. The van der Waals surface area contributed by atoms with Gasteiger partial charge in [-0.05, 0) is 270 Å². The van der Waals surface area contributed by atoms with Crippen LogP contribution in [0.1, 0.15) is 44.5 Å². The molecular formula is C142H84O4. The summed E-state index contributed by atoms with van der Waals surface area (Å²) in [6.07, 6.45) is 0. The van der Waals surface area contributed by atoms with Crippen LogP contribution in [0.5, 0.6) is 0 Å². The molecule has 0 fully saturated rings. The lowest BCUT2D eigenvalue weighted by Gasteiger charge is -2.35. The van der Waals surface area contributed by atoms with Crippen molar-refractivity contribution in [2.24, 2.45) is 0 Å². The van der Waals surface area contributed by atoms with Gasteiger partial charge in [-0.3, -0.25) is 0 Å². The minimum atomic E-state index is -0.623. The van der Waals surface area contributed by atoms with Gasteiger partial charge in [0.15, 0.2) is 0 Å². The van der Waals surface area contributed by atoms with E-state index in [0.29, 0.717) is 0 Å². The van der Waals surface area contributed by atoms with Crippen molar-refractivity contribution >= 4 is 174 Å². The molecule has 146 heavy (non-hydrogen) atoms. The molecule has 676 valence electrons. The first-order valence-electron chi connectivity index (χ1n) is 50.5. The number of para-hydroxylation sites is 4. The molecular weight excluding hydrogens is 1770 g/mol. The fourth-order valence-electron chi connectivity index (χ4n) is 26.5. The van der Waals surface area contributed by atoms with E-state index in [9.17, 15) is 0 Å². The average Bonchev–Trinajstić information content (AvgIpc) is 1.52. The van der Waals surface area contributed by atoms with Gasteiger partial charge in [-0.2, -0.15) is 0 Å². The van der Waals surface area contributed by atoms with E-state index in [0.717, 1.165) is 87.8 Å². The maximum absolute atomic E-state index is 6.58. The molecule has 0 unspecified atom stereocenters. The standard InChI is InChI=1S/2C71H42O2/c1-3-20-45(21-4-1)71(46-22-5-2-6-23-46)60-35-10-7-24-49(60)54-33-17-34-57(70(54)71)67-52-31-15-27-47(50-29-13-18-43-38-40-63-68(65(43)50)55-25-8-11-36-61(55)72-63)58(52)42-59-48(28-16-32-53(59)67)51-30-14-19-44-39-41-64-69(66(44)51)56-26-9-12-37-62(56)73-64;1-3-18-43(19-4-1)71(44-20-5-2-6-21-44)62-35-10-7-22-51(62)56-33-17-34-59(70(56)71)67-54-31-15-27-47(45-25-13-29-52-49(45)38-40-65-68(52)57-23-8-11-36-63(57)72-65)60(54)42-61-48(28-16-32-55(61)67)46-26-14-30-53-50(46)39-41-66-69(53)58-24-9-12-37-64(58)73-66/h2*1-42H. The molecule has 0 saturated carbocycles. The third kappa shape index (κ3) is 11.6. The smallest absolute Gasteiger partial charge is 0.136 e. The summed E-state index contributed by atoms with van der Waals surface area (Å²) < 4.78 is 26.1. The average molecular weight is 1850 g/mol. The van der Waals surface area contributed by atoms with E-state index in [4.69, 9.17) is 17.7 Å². The summed E-state index contributed by atoms with van der Waals surface area (Å²) in [6, 6.07) is 188. The quantitative estimate of drug-likeness (QED) is 0.128. The molecule has 4 aromatic heterocycles. The van der Waals surface area contributed by atoms with E-state index in [1.54, 1.807) is 0 Å². The number of rotatable bonds is 10. The van der Waals surface area contributed by atoms with Crippen LogP contribution >= 0.6 is 0 Å². The van der Waals surface area contributed by atoms with Crippen molar-refractivity contribution in [3.8, 4) is 89.0 Å². The second kappa shape index (κ2) is 31.8. The van der Waals surface area contributed by atoms with Crippen LogP contribution in [0.15, 0.2) is 527 Å². The van der Waals surface area contributed by atoms with E-state index < -0.39 is 10.8 Å². The number of hydrogen-bond donors (Lipinski definition) is 0. The van der Waals surface area contributed by atoms with Crippen LogP contribution < -0.4 is 0 Å². The normalized spacial score (nSPS) is 13.0. The van der Waals surface area contributed by atoms with Crippen LogP contribution in [-0.4, -0.2) is 0 Å². The molecule has 0 bridgehead atoms. The van der Waals surface area contributed by atoms with E-state index in [1.165, 1.54) is 220 Å². The van der Waals surface area contributed by atoms with Gasteiger partial charge in [-0.15, -0.1) is 0 Å². The van der Waals surface area contributed by atoms with Gasteiger partial charge < -0.3 is 17.7 Å². The van der Waals surface area contributed by atoms with E-state index in [1.807, 2.05) is 12.1 Å². The lowest BCUT2D eigenvalue weighted by atomic mass is 9.65. The first-order chi connectivity index (χ1) is 72.5. The van der Waals surface area contributed by atoms with Gasteiger partial charge in [0, 0.05) is 53.9 Å². The molecule has 4 nitrogen and oxygen atoms in total. The second-order valence-electron chi connectivity index (χ2n) is 39.4. The molecule has 0 spiro atoms. The van der Waals surface area contributed by atoms with Gasteiger partial charge in [-0.25, -0.2) is 0 Å². The molecule has 4 heterocycles. The van der Waals surface area contributed by atoms with Crippen molar-refractivity contribution in [2.75, 3.05) is 0 Å². The number of fused-ring (bicyclic) bond motifs is 30. The van der Waals surface area contributed by atoms with Crippen molar-refractivity contribution in [3.05, 3.63) is 554 Å². The van der Waals surface area contributed by atoms with Crippen LogP contribution in [0.2, 0.25) is 0 Å². The summed E-state index contributed by atoms with van der Waals surface area (Å²) >= 11 is 0. The maximum Gasteiger partial charge on any atom is 0.136 e. The highest BCUT2D eigenvalue weighted by atomic mass is 16.3. The lowest BCUT2D eigenvalue weighted by Crippen LogP contribution is -2.29. The predicted octanol–water partition coefficient (Wildman–Crippen LogP) is 38.9. The lowest BCUT2D eigenvalue weighted by molar-refractivity contribution is 0.669. The predicted molar refractivity (Wildman–Crippen MR) is 609 cm³/mol. The largest absolute Gasteiger partial charge is 0.456 e. The highest BCUT2D eigenvalue weighted by Crippen LogP contribution is 2.64. The summed E-state index contributed by atoms with van der Waals surface area (Å²) in [5, 5.41) is 28.2. The van der Waals surface area contributed by atoms with Crippen LogP contribution in [0.3, 0.4) is 0 Å². The molecule has 0 saturated heterocycles. The van der Waals surface area contributed by atoms with Crippen molar-refractivity contribution in [1.82, 2.24) is 0 Å². The van der Waals surface area contributed by atoms with Gasteiger partial charge in [0.25, 0.3) is 0 Å². The SMILES string of the molecule is c1ccc(C2(c3ccccc3)c3ccccc3-c3cccc(-c4c5cccc(-c6cccc7c6ccc6oc8ccccc8c67)c5cc5c(-c6cccc7c6ccc6oc8ccccc8c67)cccc45)c32)cc1.c1ccc(C2(c3ccccc3)c3ccccc3-c3cccc(-c4c5cccc(-c6cccc7ccc8oc9ccccc9c8c67)c5cc5c(-c6cccc7ccc8oc9ccccc9c8c67)cccc45)c32)cc1. The Balaban J connectivity index is 0.000000133. The summed E-state index contributed by atoms with van der Waals surface area (Å²) in [4.78, 5) is 0. The Morgan fingerprint density at radius 1 is 0.123 bits per heavy atom. The molecule has 0 amide bonds. The summed E-state index contributed by atoms with van der Waals surface area (Å²) in [5.41, 5.74) is 35.5. The zero-order valence-corrected chi connectivity index (χ0v) is 79.1. The van der Waals surface area contributed by atoms with Crippen molar-refractivity contribution in [3.63, 3.8) is 0 Å². The zero-order valence-electron chi connectivity index (χ0n) is 79.1. The summed E-state index contributed by atoms with van der Waals surface area (Å²) in [6.45, 7) is 0. The fraction of sp³-hybridized carbons (Fsp3) is 0.0141. The van der Waals surface area contributed by atoms with Gasteiger partial charge in [-0.1, -0.05) is 449 Å². The molecule has 26 aromatic carbocycles. The first kappa shape index (κ1) is 81.8. The highest BCUT2D eigenvalue weighted by Gasteiger charge is 2.50. The van der Waals surface area contributed by atoms with Crippen molar-refractivity contribution in [1.29, 1.82) is 0 Å². The first-order valence-corrected chi connectivity index (χ1v) is 50.5. The molecule has 30 aromatic rings. The minimum Gasteiger partial charge on any atom is -0.456 e. The number of furan rings is 4. The summed E-state index contributed by atoms with van der Waals surface area (Å²) in [5.74, 6) is 0. The molecule has 32 rings (SSSR count). The van der Waals surface area contributed by atoms with Crippen LogP contribution in [0.4, 0.5) is 0 Å². The summed E-state index contributed by atoms with van der Waals surface area (Å²) in [7, 11) is 0. The molecule has 4 heteroatoms. The van der Waals surface area contributed by atoms with Crippen LogP contribution in [0, 0.1) is 0 Å². The van der Waals surface area contributed by atoms with Crippen LogP contribution in [0.25, 0.3) is 263 Å². The van der Waals surface area contributed by atoms with Gasteiger partial charge >= 0.3 is 0 Å². The molecule has 0 aliphatic heterocycles. The van der Waals surface area contributed by atoms with Gasteiger partial charge in [0.1, 0.15) is 44.7 Å². The number of benzene rings is 26. The van der Waals surface area contributed by atoms with Crippen molar-refractivity contribution < 1.29 is 17.7 Å². The van der Waals surface area contributed by atoms with E-state index in [2.05, 4.69) is 497 Å². The molecule has 0 radical (unpaired) electrons. The monoisotopic (exact) mass is 1850 g/mol. The molecule has 2 aliphatic rings. The minimum absolute atomic E-state index is 0.614. The molecule has 0 atom stereocenters.